The molecule has 0 saturated heterocycles. The van der Waals surface area contributed by atoms with E-state index in [1.807, 2.05) is 30.3 Å². The van der Waals surface area contributed by atoms with Gasteiger partial charge >= 0.3 is 0 Å². The Balaban J connectivity index is 1.30. The van der Waals surface area contributed by atoms with Crippen LogP contribution in [-0.2, 0) is 0 Å². The number of amides is 1. The van der Waals surface area contributed by atoms with E-state index in [-0.39, 0.29) is 5.91 Å². The minimum atomic E-state index is -0.118. The van der Waals surface area contributed by atoms with Crippen LogP contribution in [0.15, 0.2) is 40.9 Å². The van der Waals surface area contributed by atoms with Gasteiger partial charge in [0, 0.05) is 17.7 Å². The Kier molecular flexibility index (Phi) is 4.37. The Morgan fingerprint density at radius 1 is 1.04 bits per heavy atom. The zero-order valence-corrected chi connectivity index (χ0v) is 13.9. The standard InChI is InChI=1S/C20H24N2O2/c23-20(18-13-19(24-22-18)15-9-5-2-6-10-15)21-17-11-16(12-17)14-7-3-1-4-8-14/h2,5-6,9-10,13-14,16-17H,1,3-4,7-8,11-12H2,(H,21,23)/t16-,17-. The summed E-state index contributed by atoms with van der Waals surface area (Å²) in [5, 5.41) is 7.03. The molecular formula is C20H24N2O2. The Bertz CT molecular complexity index is 683. The quantitative estimate of drug-likeness (QED) is 0.905. The molecule has 126 valence electrons. The normalized spacial score (nSPS) is 24.3. The largest absolute Gasteiger partial charge is 0.355 e. The van der Waals surface area contributed by atoms with Gasteiger partial charge in [0.1, 0.15) is 0 Å². The summed E-state index contributed by atoms with van der Waals surface area (Å²) in [5.41, 5.74) is 1.31. The fraction of sp³-hybridized carbons (Fsp3) is 0.500. The summed E-state index contributed by atoms with van der Waals surface area (Å²) in [6.07, 6.45) is 9.20. The second kappa shape index (κ2) is 6.80. The highest BCUT2D eigenvalue weighted by Crippen LogP contribution is 2.41. The first-order valence-corrected chi connectivity index (χ1v) is 9.12. The molecule has 2 aliphatic rings. The minimum absolute atomic E-state index is 0.118. The molecule has 0 spiro atoms. The third kappa shape index (κ3) is 3.23. The summed E-state index contributed by atoms with van der Waals surface area (Å²) >= 11 is 0. The highest BCUT2D eigenvalue weighted by Gasteiger charge is 2.36. The molecule has 1 aromatic heterocycles. The lowest BCUT2D eigenvalue weighted by molar-refractivity contribution is 0.0803. The fourth-order valence-corrected chi connectivity index (χ4v) is 4.15. The molecule has 4 heteroatoms. The van der Waals surface area contributed by atoms with E-state index in [0.717, 1.165) is 30.2 Å². The molecule has 0 unspecified atom stereocenters. The maximum atomic E-state index is 12.3. The molecule has 2 aliphatic carbocycles. The van der Waals surface area contributed by atoms with E-state index in [0.29, 0.717) is 17.5 Å². The van der Waals surface area contributed by atoms with Crippen LogP contribution in [0.2, 0.25) is 0 Å². The van der Waals surface area contributed by atoms with Crippen LogP contribution in [0, 0.1) is 11.8 Å². The first kappa shape index (κ1) is 15.4. The lowest BCUT2D eigenvalue weighted by atomic mass is 9.67. The van der Waals surface area contributed by atoms with Crippen molar-refractivity contribution in [1.82, 2.24) is 10.5 Å². The highest BCUT2D eigenvalue weighted by molar-refractivity contribution is 5.93. The van der Waals surface area contributed by atoms with E-state index in [9.17, 15) is 4.79 Å². The lowest BCUT2D eigenvalue weighted by Crippen LogP contribution is -2.46. The molecule has 1 N–H and O–H groups in total. The fourth-order valence-electron chi connectivity index (χ4n) is 4.15. The predicted molar refractivity (Wildman–Crippen MR) is 92.5 cm³/mol. The SMILES string of the molecule is O=C(N[C@H]1C[C@H](C2CCCCC2)C1)c1cc(-c2ccccc2)on1. The molecule has 24 heavy (non-hydrogen) atoms. The number of nitrogens with one attached hydrogen (secondary N) is 1. The third-order valence-electron chi connectivity index (χ3n) is 5.63. The zero-order valence-electron chi connectivity index (χ0n) is 13.9. The van der Waals surface area contributed by atoms with E-state index < -0.39 is 0 Å². The van der Waals surface area contributed by atoms with Crippen molar-refractivity contribution in [3.63, 3.8) is 0 Å². The van der Waals surface area contributed by atoms with Crippen molar-refractivity contribution < 1.29 is 9.32 Å². The molecule has 2 aromatic rings. The minimum Gasteiger partial charge on any atom is -0.355 e. The molecule has 1 heterocycles. The van der Waals surface area contributed by atoms with E-state index in [1.165, 1.54) is 32.1 Å². The number of carbonyl (C=O) groups is 1. The van der Waals surface area contributed by atoms with Crippen LogP contribution in [0.5, 0.6) is 0 Å². The van der Waals surface area contributed by atoms with E-state index in [4.69, 9.17) is 4.52 Å². The number of aromatic nitrogens is 1. The van der Waals surface area contributed by atoms with Crippen molar-refractivity contribution in [1.29, 1.82) is 0 Å². The van der Waals surface area contributed by atoms with Crippen molar-refractivity contribution in [3.8, 4) is 11.3 Å². The monoisotopic (exact) mass is 324 g/mol. The van der Waals surface area contributed by atoms with Gasteiger partial charge in [0.15, 0.2) is 11.5 Å². The third-order valence-corrected chi connectivity index (χ3v) is 5.63. The summed E-state index contributed by atoms with van der Waals surface area (Å²) in [5.74, 6) is 2.22. The summed E-state index contributed by atoms with van der Waals surface area (Å²) in [6, 6.07) is 11.8. The van der Waals surface area contributed by atoms with Gasteiger partial charge in [0.05, 0.1) is 0 Å². The van der Waals surface area contributed by atoms with Gasteiger partial charge in [-0.25, -0.2) is 0 Å². The molecular weight excluding hydrogens is 300 g/mol. The highest BCUT2D eigenvalue weighted by atomic mass is 16.5. The lowest BCUT2D eigenvalue weighted by Gasteiger charge is -2.42. The van der Waals surface area contributed by atoms with Crippen molar-refractivity contribution >= 4 is 5.91 Å². The van der Waals surface area contributed by atoms with Gasteiger partial charge in [-0.1, -0.05) is 67.6 Å². The molecule has 0 radical (unpaired) electrons. The predicted octanol–water partition coefficient (Wildman–Crippen LogP) is 4.43. The molecule has 0 aliphatic heterocycles. The van der Waals surface area contributed by atoms with Crippen LogP contribution >= 0.6 is 0 Å². The molecule has 2 saturated carbocycles. The van der Waals surface area contributed by atoms with Crippen molar-refractivity contribution in [2.24, 2.45) is 11.8 Å². The molecule has 1 amide bonds. The van der Waals surface area contributed by atoms with E-state index in [2.05, 4.69) is 10.5 Å². The Morgan fingerprint density at radius 3 is 2.54 bits per heavy atom. The second-order valence-corrected chi connectivity index (χ2v) is 7.24. The number of rotatable bonds is 4. The summed E-state index contributed by atoms with van der Waals surface area (Å²) < 4.78 is 5.31. The maximum absolute atomic E-state index is 12.3. The van der Waals surface area contributed by atoms with Crippen LogP contribution in [0.3, 0.4) is 0 Å². The maximum Gasteiger partial charge on any atom is 0.273 e. The van der Waals surface area contributed by atoms with E-state index >= 15 is 0 Å². The van der Waals surface area contributed by atoms with Crippen LogP contribution in [0.1, 0.15) is 55.4 Å². The van der Waals surface area contributed by atoms with Crippen LogP contribution in [0.4, 0.5) is 0 Å². The summed E-state index contributed by atoms with van der Waals surface area (Å²) in [7, 11) is 0. The van der Waals surface area contributed by atoms with Gasteiger partial charge in [0.25, 0.3) is 5.91 Å². The van der Waals surface area contributed by atoms with Gasteiger partial charge in [-0.2, -0.15) is 0 Å². The van der Waals surface area contributed by atoms with Crippen LogP contribution in [0.25, 0.3) is 11.3 Å². The van der Waals surface area contributed by atoms with Crippen molar-refractivity contribution in [2.45, 2.75) is 51.0 Å². The van der Waals surface area contributed by atoms with Crippen molar-refractivity contribution in [2.75, 3.05) is 0 Å². The Morgan fingerprint density at radius 2 is 1.79 bits per heavy atom. The van der Waals surface area contributed by atoms with Gasteiger partial charge in [0.2, 0.25) is 0 Å². The molecule has 2 fully saturated rings. The van der Waals surface area contributed by atoms with Gasteiger partial charge < -0.3 is 9.84 Å². The topological polar surface area (TPSA) is 55.1 Å². The molecule has 0 bridgehead atoms. The van der Waals surface area contributed by atoms with E-state index in [1.54, 1.807) is 6.07 Å². The average molecular weight is 324 g/mol. The summed E-state index contributed by atoms with van der Waals surface area (Å²) in [4.78, 5) is 12.3. The van der Waals surface area contributed by atoms with Crippen molar-refractivity contribution in [3.05, 3.63) is 42.1 Å². The second-order valence-electron chi connectivity index (χ2n) is 7.24. The van der Waals surface area contributed by atoms with Crippen LogP contribution < -0.4 is 5.32 Å². The first-order chi connectivity index (χ1) is 11.8. The van der Waals surface area contributed by atoms with Gasteiger partial charge in [-0.15, -0.1) is 0 Å². The number of nitrogens with zero attached hydrogens (tertiary/aromatic N) is 1. The average Bonchev–Trinajstić information content (AvgIpc) is 3.09. The molecule has 0 atom stereocenters. The van der Waals surface area contributed by atoms with Gasteiger partial charge in [-0.05, 0) is 24.7 Å². The Labute approximate surface area is 142 Å². The number of benzene rings is 1. The summed E-state index contributed by atoms with van der Waals surface area (Å²) in [6.45, 7) is 0. The van der Waals surface area contributed by atoms with Gasteiger partial charge in [-0.3, -0.25) is 4.79 Å². The smallest absolute Gasteiger partial charge is 0.273 e. The molecule has 4 rings (SSSR count). The van der Waals surface area contributed by atoms with Crippen LogP contribution in [-0.4, -0.2) is 17.1 Å². The zero-order chi connectivity index (χ0) is 16.4. The molecule has 4 nitrogen and oxygen atoms in total. The number of hydrogen-bond acceptors (Lipinski definition) is 3. The molecule has 1 aromatic carbocycles. The number of carbonyl (C=O) groups excluding carboxylic acids is 1. The first-order valence-electron chi connectivity index (χ1n) is 9.12. The Hall–Kier alpha value is -2.10. The number of hydrogen-bond donors (Lipinski definition) is 1.